The van der Waals surface area contributed by atoms with E-state index in [1.165, 1.54) is 5.56 Å². The van der Waals surface area contributed by atoms with Crippen LogP contribution in [0.2, 0.25) is 5.02 Å². The first kappa shape index (κ1) is 22.0. The summed E-state index contributed by atoms with van der Waals surface area (Å²) in [4.78, 5) is 21.9. The van der Waals surface area contributed by atoms with E-state index in [1.54, 1.807) is 11.3 Å². The molecule has 0 radical (unpaired) electrons. The molecule has 1 fully saturated rings. The van der Waals surface area contributed by atoms with E-state index in [4.69, 9.17) is 16.6 Å². The molecule has 1 aliphatic heterocycles. The van der Waals surface area contributed by atoms with Gasteiger partial charge in [-0.3, -0.25) is 14.6 Å². The van der Waals surface area contributed by atoms with Crippen molar-refractivity contribution in [2.75, 3.05) is 38.0 Å². The lowest BCUT2D eigenvalue weighted by atomic mass is 10.1. The summed E-state index contributed by atoms with van der Waals surface area (Å²) in [6.07, 6.45) is 0. The third kappa shape index (κ3) is 5.71. The average Bonchev–Trinajstić information content (AvgIpc) is 3.21. The van der Waals surface area contributed by atoms with Gasteiger partial charge in [-0.2, -0.15) is 0 Å². The van der Waals surface area contributed by atoms with E-state index in [0.29, 0.717) is 17.3 Å². The fourth-order valence-electron chi connectivity index (χ4n) is 3.88. The summed E-state index contributed by atoms with van der Waals surface area (Å²) in [6, 6.07) is 14.2. The van der Waals surface area contributed by atoms with Crippen molar-refractivity contribution in [3.63, 3.8) is 0 Å². The predicted molar refractivity (Wildman–Crippen MR) is 129 cm³/mol. The molecule has 2 aromatic carbocycles. The Kier molecular flexibility index (Phi) is 7.02. The normalized spacial score (nSPS) is 15.2. The lowest BCUT2D eigenvalue weighted by Gasteiger charge is -2.33. The topological polar surface area (TPSA) is 48.5 Å². The Morgan fingerprint density at radius 3 is 2.52 bits per heavy atom. The largest absolute Gasteiger partial charge is 0.323 e. The van der Waals surface area contributed by atoms with E-state index in [-0.39, 0.29) is 5.91 Å². The number of rotatable bonds is 6. The second-order valence-corrected chi connectivity index (χ2v) is 9.31. The maximum atomic E-state index is 12.5. The molecule has 4 rings (SSSR count). The Balaban J connectivity index is 1.26. The Morgan fingerprint density at radius 1 is 1.10 bits per heavy atom. The van der Waals surface area contributed by atoms with Crippen molar-refractivity contribution in [1.82, 2.24) is 14.8 Å². The number of anilines is 1. The summed E-state index contributed by atoms with van der Waals surface area (Å²) in [5, 5.41) is 6.79. The van der Waals surface area contributed by atoms with Crippen LogP contribution in [0.5, 0.6) is 0 Å². The molecule has 1 N–H and O–H groups in total. The van der Waals surface area contributed by atoms with Gasteiger partial charge in [0.15, 0.2) is 0 Å². The fourth-order valence-corrected chi connectivity index (χ4v) is 5.07. The molecule has 5 nitrogen and oxygen atoms in total. The molecule has 1 saturated heterocycles. The number of benzene rings is 2. The molecular formula is C24H27ClN4OS. The quantitative estimate of drug-likeness (QED) is 0.579. The lowest BCUT2D eigenvalue weighted by molar-refractivity contribution is -0.117. The minimum absolute atomic E-state index is 0.0192. The summed E-state index contributed by atoms with van der Waals surface area (Å²) >= 11 is 8.01. The minimum atomic E-state index is -0.0192. The zero-order valence-corrected chi connectivity index (χ0v) is 19.5. The molecule has 162 valence electrons. The number of hydrogen-bond donors (Lipinski definition) is 1. The van der Waals surface area contributed by atoms with E-state index in [1.807, 2.05) is 44.2 Å². The van der Waals surface area contributed by atoms with Crippen molar-refractivity contribution >= 4 is 34.5 Å². The molecule has 0 bridgehead atoms. The fraction of sp³-hybridized carbons (Fsp3) is 0.333. The number of aryl methyl sites for hydroxylation is 2. The van der Waals surface area contributed by atoms with E-state index < -0.39 is 0 Å². The first-order valence-corrected chi connectivity index (χ1v) is 11.7. The summed E-state index contributed by atoms with van der Waals surface area (Å²) in [6.45, 7) is 8.78. The second-order valence-electron chi connectivity index (χ2n) is 8.05. The lowest BCUT2D eigenvalue weighted by Crippen LogP contribution is -2.48. The number of aromatic nitrogens is 1. The van der Waals surface area contributed by atoms with Gasteiger partial charge >= 0.3 is 0 Å². The van der Waals surface area contributed by atoms with Crippen LogP contribution >= 0.6 is 22.9 Å². The van der Waals surface area contributed by atoms with Gasteiger partial charge in [-0.25, -0.2) is 4.98 Å². The average molecular weight is 455 g/mol. The second kappa shape index (κ2) is 9.92. The zero-order chi connectivity index (χ0) is 21.8. The molecule has 0 atom stereocenters. The van der Waals surface area contributed by atoms with Crippen molar-refractivity contribution in [2.24, 2.45) is 0 Å². The van der Waals surface area contributed by atoms with E-state index in [0.717, 1.165) is 54.6 Å². The van der Waals surface area contributed by atoms with Crippen LogP contribution in [0.4, 0.5) is 5.69 Å². The van der Waals surface area contributed by atoms with Crippen LogP contribution < -0.4 is 5.32 Å². The van der Waals surface area contributed by atoms with Crippen LogP contribution in [0.3, 0.4) is 0 Å². The summed E-state index contributed by atoms with van der Waals surface area (Å²) in [5.74, 6) is -0.0192. The molecule has 0 saturated carbocycles. The summed E-state index contributed by atoms with van der Waals surface area (Å²) in [7, 11) is 0. The van der Waals surface area contributed by atoms with Gasteiger partial charge in [0.2, 0.25) is 5.91 Å². The van der Waals surface area contributed by atoms with Crippen molar-refractivity contribution in [3.05, 3.63) is 69.7 Å². The van der Waals surface area contributed by atoms with Gasteiger partial charge in [0.1, 0.15) is 5.01 Å². The molecule has 3 aromatic rings. The SMILES string of the molecule is Cc1cc(C)c(NC(=O)CN2CCN(Cc3csc(-c4ccccc4)n3)CC2)c(Cl)c1. The first-order chi connectivity index (χ1) is 15.0. The van der Waals surface area contributed by atoms with Gasteiger partial charge in [0.25, 0.3) is 0 Å². The van der Waals surface area contributed by atoms with Gasteiger partial charge in [-0.15, -0.1) is 11.3 Å². The Labute approximate surface area is 192 Å². The number of hydrogen-bond acceptors (Lipinski definition) is 5. The number of carbonyl (C=O) groups is 1. The maximum Gasteiger partial charge on any atom is 0.238 e. The van der Waals surface area contributed by atoms with E-state index >= 15 is 0 Å². The number of nitrogens with zero attached hydrogens (tertiary/aromatic N) is 3. The van der Waals surface area contributed by atoms with Gasteiger partial charge < -0.3 is 5.32 Å². The van der Waals surface area contributed by atoms with Gasteiger partial charge in [0, 0.05) is 43.7 Å². The molecule has 1 aromatic heterocycles. The first-order valence-electron chi connectivity index (χ1n) is 10.5. The molecule has 7 heteroatoms. The van der Waals surface area contributed by atoms with Crippen LogP contribution in [0, 0.1) is 13.8 Å². The molecule has 31 heavy (non-hydrogen) atoms. The highest BCUT2D eigenvalue weighted by Crippen LogP contribution is 2.27. The summed E-state index contributed by atoms with van der Waals surface area (Å²) in [5.41, 5.74) is 5.07. The van der Waals surface area contributed by atoms with Gasteiger partial charge in [-0.05, 0) is 31.0 Å². The van der Waals surface area contributed by atoms with Crippen LogP contribution in [0.15, 0.2) is 47.8 Å². The number of amides is 1. The number of carbonyl (C=O) groups excluding carboxylic acids is 1. The van der Waals surface area contributed by atoms with Gasteiger partial charge in [0.05, 0.1) is 22.9 Å². The molecule has 0 unspecified atom stereocenters. The zero-order valence-electron chi connectivity index (χ0n) is 17.9. The van der Waals surface area contributed by atoms with E-state index in [9.17, 15) is 4.79 Å². The number of thiazole rings is 1. The van der Waals surface area contributed by atoms with Crippen LogP contribution in [-0.2, 0) is 11.3 Å². The van der Waals surface area contributed by atoms with Crippen molar-refractivity contribution in [3.8, 4) is 10.6 Å². The highest BCUT2D eigenvalue weighted by molar-refractivity contribution is 7.13. The number of nitrogens with one attached hydrogen (secondary N) is 1. The Morgan fingerprint density at radius 2 is 1.81 bits per heavy atom. The maximum absolute atomic E-state index is 12.5. The molecule has 0 spiro atoms. The monoisotopic (exact) mass is 454 g/mol. The van der Waals surface area contributed by atoms with Crippen molar-refractivity contribution in [1.29, 1.82) is 0 Å². The summed E-state index contributed by atoms with van der Waals surface area (Å²) < 4.78 is 0. The Hall–Kier alpha value is -2.25. The standard InChI is InChI=1S/C24H27ClN4OS/c1-17-12-18(2)23(21(25)13-17)27-22(30)15-29-10-8-28(9-11-29)14-20-16-31-24(26-20)19-6-4-3-5-7-19/h3-7,12-13,16H,8-11,14-15H2,1-2H3,(H,27,30). The molecular weight excluding hydrogens is 428 g/mol. The van der Waals surface area contributed by atoms with Crippen LogP contribution in [0.1, 0.15) is 16.8 Å². The van der Waals surface area contributed by atoms with Gasteiger partial charge in [-0.1, -0.05) is 48.0 Å². The number of piperazine rings is 1. The minimum Gasteiger partial charge on any atom is -0.323 e. The highest BCUT2D eigenvalue weighted by Gasteiger charge is 2.20. The Bertz CT molecular complexity index is 1020. The van der Waals surface area contributed by atoms with Crippen LogP contribution in [-0.4, -0.2) is 53.4 Å². The smallest absolute Gasteiger partial charge is 0.238 e. The molecule has 1 aliphatic rings. The van der Waals surface area contributed by atoms with E-state index in [2.05, 4.69) is 32.6 Å². The number of halogens is 1. The van der Waals surface area contributed by atoms with Crippen LogP contribution in [0.25, 0.3) is 10.6 Å². The third-order valence-corrected chi connectivity index (χ3v) is 6.72. The van der Waals surface area contributed by atoms with Crippen molar-refractivity contribution < 1.29 is 4.79 Å². The molecule has 2 heterocycles. The predicted octanol–water partition coefficient (Wildman–Crippen LogP) is 4.84. The molecule has 1 amide bonds. The highest BCUT2D eigenvalue weighted by atomic mass is 35.5. The third-order valence-electron chi connectivity index (χ3n) is 5.49. The molecule has 0 aliphatic carbocycles. The van der Waals surface area contributed by atoms with Crippen molar-refractivity contribution in [2.45, 2.75) is 20.4 Å².